The highest BCUT2D eigenvalue weighted by Crippen LogP contribution is 2.30. The van der Waals surface area contributed by atoms with Gasteiger partial charge in [0.2, 0.25) is 15.9 Å². The summed E-state index contributed by atoms with van der Waals surface area (Å²) in [6, 6.07) is 11.4. The van der Waals surface area contributed by atoms with Crippen molar-refractivity contribution in [2.24, 2.45) is 0 Å². The number of nitrogens with zero attached hydrogens (tertiary/aromatic N) is 4. The van der Waals surface area contributed by atoms with Gasteiger partial charge < -0.3 is 4.42 Å². The van der Waals surface area contributed by atoms with Crippen molar-refractivity contribution in [1.29, 1.82) is 0 Å². The molecule has 2 heterocycles. The van der Waals surface area contributed by atoms with Gasteiger partial charge in [0.25, 0.3) is 0 Å². The Morgan fingerprint density at radius 1 is 1.07 bits per heavy atom. The van der Waals surface area contributed by atoms with Crippen LogP contribution in [-0.2, 0) is 22.7 Å². The van der Waals surface area contributed by atoms with Crippen LogP contribution in [0.1, 0.15) is 11.6 Å². The van der Waals surface area contributed by atoms with Crippen LogP contribution in [0.4, 0.5) is 18.9 Å². The van der Waals surface area contributed by atoms with Gasteiger partial charge in [0.05, 0.1) is 29.7 Å². The number of sulfonamides is 1. The van der Waals surface area contributed by atoms with E-state index in [9.17, 15) is 21.6 Å². The average molecular weight is 398 g/mol. The van der Waals surface area contributed by atoms with E-state index < -0.39 is 22.1 Å². The molecule has 0 amide bonds. The van der Waals surface area contributed by atoms with Gasteiger partial charge >= 0.3 is 12.1 Å². The van der Waals surface area contributed by atoms with Crippen LogP contribution in [0, 0.1) is 0 Å². The van der Waals surface area contributed by atoms with Gasteiger partial charge in [-0.2, -0.15) is 13.2 Å². The molecule has 142 valence electrons. The third kappa shape index (κ3) is 4.42. The molecule has 0 aliphatic carbocycles. The van der Waals surface area contributed by atoms with Crippen molar-refractivity contribution in [2.45, 2.75) is 12.7 Å². The Labute approximate surface area is 152 Å². The number of rotatable bonds is 5. The molecule has 3 rings (SSSR count). The minimum atomic E-state index is -4.73. The first-order chi connectivity index (χ1) is 12.6. The number of para-hydroxylation sites is 1. The summed E-state index contributed by atoms with van der Waals surface area (Å²) in [4.78, 5) is 4.09. The highest BCUT2D eigenvalue weighted by atomic mass is 32.2. The Bertz CT molecular complexity index is 1020. The smallest absolute Gasteiger partial charge is 0.413 e. The number of pyridine rings is 1. The number of hydrogen-bond acceptors (Lipinski definition) is 6. The van der Waals surface area contributed by atoms with Crippen LogP contribution < -0.4 is 4.31 Å². The zero-order valence-corrected chi connectivity index (χ0v) is 14.7. The summed E-state index contributed by atoms with van der Waals surface area (Å²) in [7, 11) is -3.56. The highest BCUT2D eigenvalue weighted by molar-refractivity contribution is 7.92. The SMILES string of the molecule is CS(=O)(=O)N(Cc1ccc(-c2nnc(C(F)(F)F)o2)cn1)c1ccccc1. The molecule has 0 unspecified atom stereocenters. The number of halogens is 3. The lowest BCUT2D eigenvalue weighted by atomic mass is 10.2. The summed E-state index contributed by atoms with van der Waals surface area (Å²) in [5, 5.41) is 6.30. The molecule has 0 N–H and O–H groups in total. The molecule has 27 heavy (non-hydrogen) atoms. The number of alkyl halides is 3. The molecule has 11 heteroatoms. The molecule has 0 saturated heterocycles. The molecule has 0 aliphatic heterocycles. The van der Waals surface area contributed by atoms with Crippen molar-refractivity contribution in [3.8, 4) is 11.5 Å². The summed E-state index contributed by atoms with van der Waals surface area (Å²) in [5.41, 5.74) is 1.05. The molecule has 3 aromatic rings. The second-order valence-corrected chi connectivity index (χ2v) is 7.46. The fourth-order valence-corrected chi connectivity index (χ4v) is 3.11. The summed E-state index contributed by atoms with van der Waals surface area (Å²) in [6.45, 7) is -0.0409. The van der Waals surface area contributed by atoms with Crippen LogP contribution in [0.25, 0.3) is 11.5 Å². The van der Waals surface area contributed by atoms with Gasteiger partial charge in [-0.15, -0.1) is 10.2 Å². The molecule has 0 aliphatic rings. The molecular weight excluding hydrogens is 385 g/mol. The van der Waals surface area contributed by atoms with Gasteiger partial charge in [0.15, 0.2) is 0 Å². The minimum Gasteiger partial charge on any atom is -0.413 e. The third-order valence-electron chi connectivity index (χ3n) is 3.49. The monoisotopic (exact) mass is 398 g/mol. The maximum Gasteiger partial charge on any atom is 0.470 e. The number of hydrogen-bond donors (Lipinski definition) is 0. The lowest BCUT2D eigenvalue weighted by Crippen LogP contribution is -2.29. The third-order valence-corrected chi connectivity index (χ3v) is 4.63. The predicted octanol–water partition coefficient (Wildman–Crippen LogP) is 3.12. The molecule has 1 aromatic carbocycles. The van der Waals surface area contributed by atoms with Crippen LogP contribution in [0.15, 0.2) is 53.1 Å². The molecule has 0 atom stereocenters. The van der Waals surface area contributed by atoms with E-state index >= 15 is 0 Å². The zero-order chi connectivity index (χ0) is 19.7. The van der Waals surface area contributed by atoms with Crippen molar-refractivity contribution in [3.05, 3.63) is 60.2 Å². The van der Waals surface area contributed by atoms with Gasteiger partial charge in [0, 0.05) is 6.20 Å². The van der Waals surface area contributed by atoms with Crippen molar-refractivity contribution in [3.63, 3.8) is 0 Å². The van der Waals surface area contributed by atoms with Gasteiger partial charge in [-0.25, -0.2) is 8.42 Å². The molecular formula is C16H13F3N4O3S. The standard InChI is InChI=1S/C16H13F3N4O3S/c1-27(24,25)23(13-5-3-2-4-6-13)10-12-8-7-11(9-20-12)14-21-22-15(26-14)16(17,18)19/h2-9H,10H2,1H3. The van der Waals surface area contributed by atoms with Gasteiger partial charge in [-0.1, -0.05) is 18.2 Å². The van der Waals surface area contributed by atoms with E-state index in [1.165, 1.54) is 22.6 Å². The van der Waals surface area contributed by atoms with Crippen molar-refractivity contribution >= 4 is 15.7 Å². The minimum absolute atomic E-state index is 0.0409. The van der Waals surface area contributed by atoms with E-state index in [1.807, 2.05) is 0 Å². The van der Waals surface area contributed by atoms with Crippen LogP contribution in [-0.4, -0.2) is 29.9 Å². The first kappa shape index (κ1) is 18.8. The van der Waals surface area contributed by atoms with Crippen LogP contribution >= 0.6 is 0 Å². The maximum absolute atomic E-state index is 12.5. The Morgan fingerprint density at radius 3 is 2.30 bits per heavy atom. The lowest BCUT2D eigenvalue weighted by molar-refractivity contribution is -0.156. The highest BCUT2D eigenvalue weighted by Gasteiger charge is 2.38. The predicted molar refractivity (Wildman–Crippen MR) is 90.0 cm³/mol. The van der Waals surface area contributed by atoms with Crippen LogP contribution in [0.2, 0.25) is 0 Å². The first-order valence-corrected chi connectivity index (χ1v) is 9.38. The van der Waals surface area contributed by atoms with Gasteiger partial charge in [-0.3, -0.25) is 9.29 Å². The van der Waals surface area contributed by atoms with E-state index in [1.54, 1.807) is 30.3 Å². The number of benzene rings is 1. The molecule has 7 nitrogen and oxygen atoms in total. The Balaban J connectivity index is 1.83. The summed E-state index contributed by atoms with van der Waals surface area (Å²) < 4.78 is 67.5. The Kier molecular flexibility index (Phi) is 4.87. The van der Waals surface area contributed by atoms with E-state index in [0.717, 1.165) is 6.26 Å². The second kappa shape index (κ2) is 6.99. The summed E-state index contributed by atoms with van der Waals surface area (Å²) in [6.07, 6.45) is -2.41. The Hall–Kier alpha value is -2.95. The largest absolute Gasteiger partial charge is 0.470 e. The van der Waals surface area contributed by atoms with E-state index in [0.29, 0.717) is 11.4 Å². The van der Waals surface area contributed by atoms with Crippen LogP contribution in [0.3, 0.4) is 0 Å². The quantitative estimate of drug-likeness (QED) is 0.656. The Morgan fingerprint density at radius 2 is 1.78 bits per heavy atom. The second-order valence-electron chi connectivity index (χ2n) is 5.55. The van der Waals surface area contributed by atoms with Crippen molar-refractivity contribution in [1.82, 2.24) is 15.2 Å². The lowest BCUT2D eigenvalue weighted by Gasteiger charge is -2.22. The molecule has 0 bridgehead atoms. The molecule has 0 fully saturated rings. The van der Waals surface area contributed by atoms with Crippen LogP contribution in [0.5, 0.6) is 0 Å². The molecule has 2 aromatic heterocycles. The number of aromatic nitrogens is 3. The van der Waals surface area contributed by atoms with Crippen molar-refractivity contribution < 1.29 is 26.0 Å². The van der Waals surface area contributed by atoms with E-state index in [-0.39, 0.29) is 18.0 Å². The zero-order valence-electron chi connectivity index (χ0n) is 13.9. The fourth-order valence-electron chi connectivity index (χ4n) is 2.24. The normalized spacial score (nSPS) is 12.1. The summed E-state index contributed by atoms with van der Waals surface area (Å²) in [5.74, 6) is -1.78. The fraction of sp³-hybridized carbons (Fsp3) is 0.188. The number of anilines is 1. The topological polar surface area (TPSA) is 89.2 Å². The molecule has 0 saturated carbocycles. The first-order valence-electron chi connectivity index (χ1n) is 7.53. The van der Waals surface area contributed by atoms with Crippen molar-refractivity contribution in [2.75, 3.05) is 10.6 Å². The molecule has 0 radical (unpaired) electrons. The van der Waals surface area contributed by atoms with Gasteiger partial charge in [0.1, 0.15) is 0 Å². The van der Waals surface area contributed by atoms with E-state index in [2.05, 4.69) is 19.6 Å². The van der Waals surface area contributed by atoms with E-state index in [4.69, 9.17) is 0 Å². The molecule has 0 spiro atoms. The maximum atomic E-state index is 12.5. The van der Waals surface area contributed by atoms with Gasteiger partial charge in [-0.05, 0) is 24.3 Å². The summed E-state index contributed by atoms with van der Waals surface area (Å²) >= 11 is 0. The average Bonchev–Trinajstić information content (AvgIpc) is 3.10.